The predicted octanol–water partition coefficient (Wildman–Crippen LogP) is 4.76. The third kappa shape index (κ3) is 5.31. The molecule has 10 heteroatoms. The van der Waals surface area contributed by atoms with Gasteiger partial charge in [0.25, 0.3) is 0 Å². The van der Waals surface area contributed by atoms with Gasteiger partial charge in [-0.1, -0.05) is 29.8 Å². The van der Waals surface area contributed by atoms with Crippen molar-refractivity contribution < 1.29 is 4.21 Å². The summed E-state index contributed by atoms with van der Waals surface area (Å²) in [7, 11) is -1.04. The van der Waals surface area contributed by atoms with E-state index in [9.17, 15) is 4.21 Å². The molecular formula is C23H33ClN6OS2. The van der Waals surface area contributed by atoms with Gasteiger partial charge in [0, 0.05) is 30.2 Å². The van der Waals surface area contributed by atoms with E-state index >= 15 is 0 Å². The highest BCUT2D eigenvalue weighted by Gasteiger charge is 2.46. The molecule has 3 heterocycles. The zero-order valence-electron chi connectivity index (χ0n) is 19.7. The minimum atomic E-state index is -1.04. The number of aromatic nitrogens is 3. The molecule has 2 aromatic heterocycles. The van der Waals surface area contributed by atoms with Crippen molar-refractivity contribution in [2.75, 3.05) is 23.7 Å². The fraction of sp³-hybridized carbons (Fsp3) is 0.609. The maximum absolute atomic E-state index is 12.7. The highest BCUT2D eigenvalue weighted by molar-refractivity contribution is 7.99. The maximum Gasteiger partial charge on any atom is 0.147 e. The molecule has 0 bridgehead atoms. The molecule has 0 radical (unpaired) electrons. The van der Waals surface area contributed by atoms with E-state index in [2.05, 4.69) is 19.6 Å². The molecule has 2 aromatic rings. The van der Waals surface area contributed by atoms with Crippen LogP contribution >= 0.6 is 23.4 Å². The standard InChI is InChI=1S/C23H33ClN6OS2/c1-15-21(32-16-7-11-26-20(25)19(16)24)27-14-18(28-15)30-12-9-23(10-13-30)8-5-6-17(23)29-33(31)22(2,3)4/h7,11,14,17,29H,5-6,8-10,12-13H2,1-4H3,(H2,25,26)/t17-,33?/m1/s1. The first-order chi connectivity index (χ1) is 15.6. The summed E-state index contributed by atoms with van der Waals surface area (Å²) in [6, 6.07) is 2.16. The molecule has 1 spiro atoms. The van der Waals surface area contributed by atoms with Crippen LogP contribution in [0.3, 0.4) is 0 Å². The molecular weight excluding hydrogens is 476 g/mol. The number of halogens is 1. The van der Waals surface area contributed by atoms with Gasteiger partial charge in [0.05, 0.1) is 32.6 Å². The third-order valence-electron chi connectivity index (χ3n) is 6.77. The van der Waals surface area contributed by atoms with Crippen molar-refractivity contribution in [3.63, 3.8) is 0 Å². The van der Waals surface area contributed by atoms with Gasteiger partial charge < -0.3 is 10.6 Å². The Morgan fingerprint density at radius 3 is 2.67 bits per heavy atom. The van der Waals surface area contributed by atoms with Crippen LogP contribution in [-0.4, -0.2) is 43.0 Å². The number of nitrogens with one attached hydrogen (secondary N) is 1. The number of piperidine rings is 1. The SMILES string of the molecule is Cc1nc(N2CCC3(CCC[C@H]3NS(=O)C(C)(C)C)CC2)cnc1Sc1ccnc(N)c1Cl. The van der Waals surface area contributed by atoms with Crippen LogP contribution in [0.4, 0.5) is 11.6 Å². The van der Waals surface area contributed by atoms with Crippen molar-refractivity contribution in [3.05, 3.63) is 29.2 Å². The molecule has 1 saturated carbocycles. The Hall–Kier alpha value is -1.42. The van der Waals surface area contributed by atoms with E-state index in [-0.39, 0.29) is 10.2 Å². The van der Waals surface area contributed by atoms with Crippen LogP contribution in [0.1, 0.15) is 58.6 Å². The van der Waals surface area contributed by atoms with E-state index in [1.54, 1.807) is 6.20 Å². The Morgan fingerprint density at radius 2 is 2.00 bits per heavy atom. The lowest BCUT2D eigenvalue weighted by atomic mass is 9.74. The van der Waals surface area contributed by atoms with E-state index in [0.29, 0.717) is 16.9 Å². The first-order valence-electron chi connectivity index (χ1n) is 11.4. The number of hydrogen-bond acceptors (Lipinski definition) is 7. The minimum Gasteiger partial charge on any atom is -0.382 e. The lowest BCUT2D eigenvalue weighted by Crippen LogP contribution is -2.51. The van der Waals surface area contributed by atoms with Crippen LogP contribution in [0, 0.1) is 12.3 Å². The van der Waals surface area contributed by atoms with Crippen LogP contribution in [-0.2, 0) is 11.0 Å². The zero-order valence-corrected chi connectivity index (χ0v) is 22.1. The first-order valence-corrected chi connectivity index (χ1v) is 13.8. The van der Waals surface area contributed by atoms with Crippen LogP contribution in [0.2, 0.25) is 5.02 Å². The van der Waals surface area contributed by atoms with Crippen molar-refractivity contribution in [3.8, 4) is 0 Å². The molecule has 33 heavy (non-hydrogen) atoms. The van der Waals surface area contributed by atoms with Crippen molar-refractivity contribution >= 4 is 46.0 Å². The van der Waals surface area contributed by atoms with Gasteiger partial charge in [-0.05, 0) is 64.9 Å². The minimum absolute atomic E-state index is 0.230. The molecule has 1 saturated heterocycles. The fourth-order valence-electron chi connectivity index (χ4n) is 4.74. The number of hydrogen-bond donors (Lipinski definition) is 2. The smallest absolute Gasteiger partial charge is 0.147 e. The normalized spacial score (nSPS) is 21.5. The molecule has 0 aromatic carbocycles. The van der Waals surface area contributed by atoms with E-state index < -0.39 is 11.0 Å². The molecule has 4 rings (SSSR count). The highest BCUT2D eigenvalue weighted by Crippen LogP contribution is 2.47. The monoisotopic (exact) mass is 508 g/mol. The van der Waals surface area contributed by atoms with Crippen LogP contribution in [0.25, 0.3) is 0 Å². The molecule has 2 atom stereocenters. The van der Waals surface area contributed by atoms with Crippen LogP contribution in [0.5, 0.6) is 0 Å². The van der Waals surface area contributed by atoms with Crippen LogP contribution in [0.15, 0.2) is 28.4 Å². The third-order valence-corrected chi connectivity index (χ3v) is 10.0. The van der Waals surface area contributed by atoms with Gasteiger partial charge >= 0.3 is 0 Å². The summed E-state index contributed by atoms with van der Waals surface area (Å²) in [5.74, 6) is 1.23. The molecule has 7 nitrogen and oxygen atoms in total. The van der Waals surface area contributed by atoms with E-state index in [4.69, 9.17) is 22.3 Å². The zero-order chi connectivity index (χ0) is 23.8. The summed E-state index contributed by atoms with van der Waals surface area (Å²) in [6.45, 7) is 9.94. The average Bonchev–Trinajstić information content (AvgIpc) is 3.14. The van der Waals surface area contributed by atoms with Crippen molar-refractivity contribution in [2.45, 2.75) is 80.5 Å². The molecule has 3 N–H and O–H groups in total. The van der Waals surface area contributed by atoms with Crippen molar-refractivity contribution in [1.29, 1.82) is 0 Å². The Labute approximate surface area is 208 Å². The highest BCUT2D eigenvalue weighted by atomic mass is 35.5. The molecule has 1 unspecified atom stereocenters. The number of rotatable bonds is 5. The predicted molar refractivity (Wildman–Crippen MR) is 137 cm³/mol. The van der Waals surface area contributed by atoms with Crippen molar-refractivity contribution in [1.82, 2.24) is 19.7 Å². The largest absolute Gasteiger partial charge is 0.382 e. The molecule has 2 fully saturated rings. The molecule has 0 amide bonds. The van der Waals surface area contributed by atoms with Gasteiger partial charge in [-0.3, -0.25) is 0 Å². The van der Waals surface area contributed by atoms with Gasteiger partial charge in [0.2, 0.25) is 0 Å². The van der Waals surface area contributed by atoms with Gasteiger partial charge in [0.15, 0.2) is 0 Å². The van der Waals surface area contributed by atoms with E-state index in [1.165, 1.54) is 24.6 Å². The number of nitrogen functional groups attached to an aromatic ring is 1. The van der Waals surface area contributed by atoms with Gasteiger partial charge in [0.1, 0.15) is 16.7 Å². The summed E-state index contributed by atoms with van der Waals surface area (Å²) in [6.07, 6.45) is 9.16. The number of nitrogens with zero attached hydrogens (tertiary/aromatic N) is 4. The second kappa shape index (κ2) is 9.68. The van der Waals surface area contributed by atoms with Crippen molar-refractivity contribution in [2.24, 2.45) is 5.41 Å². The second-order valence-electron chi connectivity index (χ2n) is 10.0. The first kappa shape index (κ1) is 24.7. The van der Waals surface area contributed by atoms with Gasteiger partial charge in [-0.25, -0.2) is 23.9 Å². The van der Waals surface area contributed by atoms with Gasteiger partial charge in [-0.15, -0.1) is 0 Å². The lowest BCUT2D eigenvalue weighted by Gasteiger charge is -2.44. The lowest BCUT2D eigenvalue weighted by molar-refractivity contribution is 0.188. The summed E-state index contributed by atoms with van der Waals surface area (Å²) < 4.78 is 16.0. The molecule has 1 aliphatic carbocycles. The summed E-state index contributed by atoms with van der Waals surface area (Å²) in [4.78, 5) is 16.7. The fourth-order valence-corrected chi connectivity index (χ4v) is 6.78. The summed E-state index contributed by atoms with van der Waals surface area (Å²) in [5.41, 5.74) is 6.92. The summed E-state index contributed by atoms with van der Waals surface area (Å²) >= 11 is 7.74. The van der Waals surface area contributed by atoms with E-state index in [0.717, 1.165) is 53.8 Å². The number of nitrogens with two attached hydrogens (primary N) is 1. The maximum atomic E-state index is 12.7. The summed E-state index contributed by atoms with van der Waals surface area (Å²) in [5, 5.41) is 1.26. The molecule has 1 aliphatic heterocycles. The second-order valence-corrected chi connectivity index (χ2v) is 13.4. The average molecular weight is 509 g/mol. The quantitative estimate of drug-likeness (QED) is 0.601. The Kier molecular flexibility index (Phi) is 7.24. The van der Waals surface area contributed by atoms with E-state index in [1.807, 2.05) is 40.0 Å². The molecule has 2 aliphatic rings. The topological polar surface area (TPSA) is 97.0 Å². The van der Waals surface area contributed by atoms with Gasteiger partial charge in [-0.2, -0.15) is 0 Å². The Balaban J connectivity index is 1.42. The number of anilines is 2. The Morgan fingerprint density at radius 1 is 1.27 bits per heavy atom. The number of aryl methyl sites for hydroxylation is 1. The molecule has 180 valence electrons. The van der Waals surface area contributed by atoms with Crippen LogP contribution < -0.4 is 15.4 Å². The Bertz CT molecular complexity index is 1040. The number of pyridine rings is 1.